The second-order valence-corrected chi connectivity index (χ2v) is 16.1. The van der Waals surface area contributed by atoms with Crippen LogP contribution in [0.1, 0.15) is 65.5 Å². The molecule has 4 aliphatic heterocycles. The highest BCUT2D eigenvalue weighted by Crippen LogP contribution is 2.72. The standard InChI is InChI=1S/C44H45BrN6/c1-7-42(5)35-21-15-16-22-36(35)49-30(4)29(3)48(33-17-11-9-12-18-33)41(49)44(42,8-2)43(6)28-31-23-24-32(45)27-37(31)51-39-38(46-25-26-47-39)50(40(43)51)34-19-13-10-14-20-34/h9-27,40-41H,7-8,28H2,1-6H3. The average Bonchev–Trinajstić information content (AvgIpc) is 3.65. The molecule has 6 nitrogen and oxygen atoms in total. The summed E-state index contributed by atoms with van der Waals surface area (Å²) in [6.45, 7) is 14.7. The molecule has 0 saturated carbocycles. The van der Waals surface area contributed by atoms with Crippen molar-refractivity contribution in [2.75, 3.05) is 19.6 Å². The highest BCUT2D eigenvalue weighted by molar-refractivity contribution is 9.10. The zero-order chi connectivity index (χ0) is 35.3. The van der Waals surface area contributed by atoms with Gasteiger partial charge in [-0.05, 0) is 86.7 Å². The lowest BCUT2D eigenvalue weighted by Gasteiger charge is -2.70. The van der Waals surface area contributed by atoms with Crippen molar-refractivity contribution in [3.05, 3.63) is 143 Å². The molecule has 4 aliphatic rings. The van der Waals surface area contributed by atoms with E-state index in [9.17, 15) is 0 Å². The van der Waals surface area contributed by atoms with E-state index >= 15 is 0 Å². The van der Waals surface area contributed by atoms with Gasteiger partial charge in [0.1, 0.15) is 12.3 Å². The molecule has 0 aliphatic carbocycles. The Bertz CT molecular complexity index is 2190. The fourth-order valence-corrected chi connectivity index (χ4v) is 11.4. The molecule has 0 fully saturated rings. The number of allylic oxidation sites excluding steroid dienone is 2. The van der Waals surface area contributed by atoms with E-state index < -0.39 is 0 Å². The van der Waals surface area contributed by atoms with E-state index in [2.05, 4.69) is 180 Å². The van der Waals surface area contributed by atoms with Gasteiger partial charge in [-0.25, -0.2) is 9.97 Å². The summed E-state index contributed by atoms with van der Waals surface area (Å²) in [4.78, 5) is 20.7. The summed E-state index contributed by atoms with van der Waals surface area (Å²) in [5.74, 6) is 1.81. The first-order chi connectivity index (χ1) is 24.7. The predicted molar refractivity (Wildman–Crippen MR) is 213 cm³/mol. The van der Waals surface area contributed by atoms with Gasteiger partial charge in [0.15, 0.2) is 11.6 Å². The first-order valence-corrected chi connectivity index (χ1v) is 19.1. The third-order valence-electron chi connectivity index (χ3n) is 13.3. The second-order valence-electron chi connectivity index (χ2n) is 15.2. The van der Waals surface area contributed by atoms with Gasteiger partial charge in [0, 0.05) is 67.3 Å². The van der Waals surface area contributed by atoms with E-state index in [0.29, 0.717) is 0 Å². The monoisotopic (exact) mass is 736 g/mol. The molecular weight excluding hydrogens is 692 g/mol. The maximum atomic E-state index is 5.13. The van der Waals surface area contributed by atoms with Gasteiger partial charge >= 0.3 is 0 Å². The van der Waals surface area contributed by atoms with E-state index in [4.69, 9.17) is 9.97 Å². The Morgan fingerprint density at radius 1 is 0.647 bits per heavy atom. The molecule has 0 radical (unpaired) electrons. The predicted octanol–water partition coefficient (Wildman–Crippen LogP) is 11.1. The van der Waals surface area contributed by atoms with Gasteiger partial charge in [0.2, 0.25) is 0 Å². The third kappa shape index (κ3) is 4.04. The summed E-state index contributed by atoms with van der Waals surface area (Å²) in [6, 6.07) is 38.1. The van der Waals surface area contributed by atoms with E-state index in [1.807, 2.05) is 12.4 Å². The average molecular weight is 738 g/mol. The number of halogens is 1. The van der Waals surface area contributed by atoms with Gasteiger partial charge in [0.25, 0.3) is 0 Å². The maximum Gasteiger partial charge on any atom is 0.178 e. The summed E-state index contributed by atoms with van der Waals surface area (Å²) in [7, 11) is 0. The van der Waals surface area contributed by atoms with Gasteiger partial charge in [-0.3, -0.25) is 0 Å². The molecule has 4 aromatic carbocycles. The first-order valence-electron chi connectivity index (χ1n) is 18.4. The van der Waals surface area contributed by atoms with Crippen molar-refractivity contribution in [2.24, 2.45) is 10.8 Å². The Morgan fingerprint density at radius 2 is 1.24 bits per heavy atom. The maximum absolute atomic E-state index is 5.13. The molecule has 0 N–H and O–H groups in total. The van der Waals surface area contributed by atoms with E-state index in [1.54, 1.807) is 0 Å². The van der Waals surface area contributed by atoms with E-state index in [1.165, 1.54) is 39.6 Å². The van der Waals surface area contributed by atoms with Crippen LogP contribution in [-0.2, 0) is 11.8 Å². The summed E-state index contributed by atoms with van der Waals surface area (Å²) in [5, 5.41) is 0. The lowest BCUT2D eigenvalue weighted by molar-refractivity contribution is -0.0764. The summed E-state index contributed by atoms with van der Waals surface area (Å²) < 4.78 is 1.06. The van der Waals surface area contributed by atoms with Gasteiger partial charge < -0.3 is 19.6 Å². The normalized spacial score (nSPS) is 27.6. The summed E-state index contributed by atoms with van der Waals surface area (Å²) >= 11 is 3.85. The number of hydrogen-bond donors (Lipinski definition) is 0. The Morgan fingerprint density at radius 3 is 1.88 bits per heavy atom. The zero-order valence-electron chi connectivity index (χ0n) is 30.3. The smallest absolute Gasteiger partial charge is 0.178 e. The number of fused-ring (bicyclic) bond motifs is 8. The fourth-order valence-electron chi connectivity index (χ4n) is 11.1. The minimum atomic E-state index is -0.361. The number of nitrogens with zero attached hydrogens (tertiary/aromatic N) is 6. The van der Waals surface area contributed by atoms with Gasteiger partial charge in [-0.2, -0.15) is 0 Å². The number of anilines is 6. The van der Waals surface area contributed by atoms with Crippen LogP contribution in [0.4, 0.5) is 34.4 Å². The molecule has 5 atom stereocenters. The largest absolute Gasteiger partial charge is 0.322 e. The summed E-state index contributed by atoms with van der Waals surface area (Å²) in [6.07, 6.45) is 6.44. The molecule has 0 spiro atoms. The highest BCUT2D eigenvalue weighted by Gasteiger charge is 2.73. The molecule has 5 unspecified atom stereocenters. The van der Waals surface area contributed by atoms with Crippen LogP contribution in [0, 0.1) is 10.8 Å². The molecule has 0 amide bonds. The number of rotatable bonds is 5. The van der Waals surface area contributed by atoms with Crippen LogP contribution in [0.5, 0.6) is 0 Å². The molecule has 258 valence electrons. The minimum Gasteiger partial charge on any atom is -0.322 e. The number of para-hydroxylation sites is 3. The minimum absolute atomic E-state index is 0.0100. The number of aromatic nitrogens is 2. The fraction of sp³-hybridized carbons (Fsp3) is 0.318. The zero-order valence-corrected chi connectivity index (χ0v) is 31.9. The Balaban J connectivity index is 1.42. The molecule has 0 saturated heterocycles. The van der Waals surface area contributed by atoms with Crippen LogP contribution in [0.15, 0.2) is 131 Å². The molecule has 7 heteroatoms. The topological polar surface area (TPSA) is 38.7 Å². The van der Waals surface area contributed by atoms with Crippen LogP contribution < -0.4 is 19.6 Å². The molecule has 5 aromatic rings. The molecule has 51 heavy (non-hydrogen) atoms. The third-order valence-corrected chi connectivity index (χ3v) is 13.8. The molecule has 1 aromatic heterocycles. The van der Waals surface area contributed by atoms with Crippen LogP contribution in [0.3, 0.4) is 0 Å². The SMILES string of the molecule is CCC1(C)c2ccccc2N2C(C)=C(C)N(c3ccccc3)C2C1(CC)C1(C)Cc2ccc(Br)cc2N2c3nccnc3N(c3ccccc3)C21. The van der Waals surface area contributed by atoms with Crippen LogP contribution in [-0.4, -0.2) is 22.3 Å². The van der Waals surface area contributed by atoms with Crippen LogP contribution >= 0.6 is 15.9 Å². The van der Waals surface area contributed by atoms with Crippen LogP contribution in [0.2, 0.25) is 0 Å². The van der Waals surface area contributed by atoms with Crippen LogP contribution in [0.25, 0.3) is 0 Å². The second kappa shape index (κ2) is 11.4. The van der Waals surface area contributed by atoms with E-state index in [0.717, 1.165) is 41.1 Å². The molecule has 0 bridgehead atoms. The lowest BCUT2D eigenvalue weighted by Crippen LogP contribution is -2.75. The Hall–Kier alpha value is -4.62. The van der Waals surface area contributed by atoms with Gasteiger partial charge in [-0.15, -0.1) is 0 Å². The van der Waals surface area contributed by atoms with Gasteiger partial charge in [0.05, 0.1) is 0 Å². The lowest BCUT2D eigenvalue weighted by atomic mass is 9.42. The molecule has 5 heterocycles. The Labute approximate surface area is 310 Å². The summed E-state index contributed by atoms with van der Waals surface area (Å²) in [5.41, 5.74) is 9.37. The first kappa shape index (κ1) is 32.3. The van der Waals surface area contributed by atoms with E-state index in [-0.39, 0.29) is 28.6 Å². The number of benzene rings is 4. The molecule has 9 rings (SSSR count). The van der Waals surface area contributed by atoms with Crippen molar-refractivity contribution in [3.8, 4) is 0 Å². The van der Waals surface area contributed by atoms with Crippen molar-refractivity contribution >= 4 is 50.3 Å². The van der Waals surface area contributed by atoms with Gasteiger partial charge in [-0.1, -0.05) is 104 Å². The van der Waals surface area contributed by atoms with Crippen molar-refractivity contribution in [2.45, 2.75) is 78.6 Å². The van der Waals surface area contributed by atoms with Crippen molar-refractivity contribution in [1.82, 2.24) is 9.97 Å². The van der Waals surface area contributed by atoms with Crippen molar-refractivity contribution in [3.63, 3.8) is 0 Å². The molecular formula is C44H45BrN6. The quantitative estimate of drug-likeness (QED) is 0.179. The number of hydrogen-bond acceptors (Lipinski definition) is 6. The van der Waals surface area contributed by atoms with Crippen molar-refractivity contribution < 1.29 is 0 Å². The Kier molecular flexibility index (Phi) is 7.25. The highest BCUT2D eigenvalue weighted by atomic mass is 79.9. The van der Waals surface area contributed by atoms with Crippen molar-refractivity contribution in [1.29, 1.82) is 0 Å².